The van der Waals surface area contributed by atoms with Crippen LogP contribution >= 0.6 is 0 Å². The normalized spacial score (nSPS) is 17.8. The molecule has 0 saturated heterocycles. The van der Waals surface area contributed by atoms with Crippen LogP contribution in [0.15, 0.2) is 36.4 Å². The van der Waals surface area contributed by atoms with E-state index in [0.717, 1.165) is 23.0 Å². The smallest absolute Gasteiger partial charge is 0.416 e. The summed E-state index contributed by atoms with van der Waals surface area (Å²) in [6, 6.07) is 0.960. The van der Waals surface area contributed by atoms with Gasteiger partial charge in [0.2, 0.25) is 0 Å². The number of rotatable bonds is 4. The zero-order chi connectivity index (χ0) is 32.7. The molecule has 0 N–H and O–H groups in total. The van der Waals surface area contributed by atoms with Gasteiger partial charge in [-0.25, -0.2) is 9.59 Å². The van der Waals surface area contributed by atoms with Gasteiger partial charge in [0, 0.05) is 12.6 Å². The molecule has 2 unspecified atom stereocenters. The topological polar surface area (TPSA) is 59.1 Å². The third-order valence-electron chi connectivity index (χ3n) is 6.59. The second kappa shape index (κ2) is 11.8. The summed E-state index contributed by atoms with van der Waals surface area (Å²) >= 11 is 0. The summed E-state index contributed by atoms with van der Waals surface area (Å²) < 4.78 is 132. The highest BCUT2D eigenvalue weighted by Gasteiger charge is 2.43. The number of hydrogen-bond donors (Lipinski definition) is 0. The van der Waals surface area contributed by atoms with E-state index in [1.165, 1.54) is 6.92 Å². The molecule has 0 spiro atoms. The number of hydrogen-bond acceptors (Lipinski definition) is 4. The number of methoxy groups -OCH3 is 1. The fourth-order valence-electron chi connectivity index (χ4n) is 4.66. The van der Waals surface area contributed by atoms with Gasteiger partial charge in [0.05, 0.1) is 42.1 Å². The van der Waals surface area contributed by atoms with Crippen molar-refractivity contribution in [2.24, 2.45) is 5.41 Å². The number of fused-ring (bicyclic) bond motifs is 1. The van der Waals surface area contributed by atoms with Gasteiger partial charge in [-0.15, -0.1) is 0 Å². The molecule has 2 amide bonds. The SMILES string of the molecule is COC(=O)N(Cc1cc(C(F)(F)F)cc(C(F)(F)F)c1)C1CC(C)N(C(=O)OCC(C)(C)C)c2ccc(C(F)(F)F)cc21. The number of alkyl halides is 9. The Hall–Kier alpha value is -3.65. The molecule has 15 heteroatoms. The molecule has 1 aliphatic heterocycles. The van der Waals surface area contributed by atoms with Gasteiger partial charge < -0.3 is 9.47 Å². The Labute approximate surface area is 241 Å². The lowest BCUT2D eigenvalue weighted by Gasteiger charge is -2.43. The highest BCUT2D eigenvalue weighted by Crippen LogP contribution is 2.45. The quantitative estimate of drug-likeness (QED) is 0.318. The number of halogens is 9. The summed E-state index contributed by atoms with van der Waals surface area (Å²) in [5.41, 5.74) is -5.78. The maximum atomic E-state index is 13.7. The van der Waals surface area contributed by atoms with Crippen LogP contribution in [0.3, 0.4) is 0 Å². The molecule has 6 nitrogen and oxygen atoms in total. The van der Waals surface area contributed by atoms with Gasteiger partial charge in [0.15, 0.2) is 0 Å². The number of amides is 2. The van der Waals surface area contributed by atoms with Crippen LogP contribution in [0.4, 0.5) is 54.8 Å². The molecule has 0 bridgehead atoms. The van der Waals surface area contributed by atoms with Crippen molar-refractivity contribution in [3.05, 3.63) is 64.2 Å². The van der Waals surface area contributed by atoms with E-state index in [9.17, 15) is 49.1 Å². The van der Waals surface area contributed by atoms with Crippen molar-refractivity contribution in [1.29, 1.82) is 0 Å². The van der Waals surface area contributed by atoms with Gasteiger partial charge in [-0.1, -0.05) is 20.8 Å². The predicted octanol–water partition coefficient (Wildman–Crippen LogP) is 8.83. The minimum Gasteiger partial charge on any atom is -0.453 e. The van der Waals surface area contributed by atoms with Gasteiger partial charge in [0.25, 0.3) is 0 Å². The van der Waals surface area contributed by atoms with Crippen molar-refractivity contribution in [2.75, 3.05) is 18.6 Å². The van der Waals surface area contributed by atoms with Crippen LogP contribution < -0.4 is 4.90 Å². The molecule has 0 saturated carbocycles. The maximum absolute atomic E-state index is 13.7. The molecule has 2 aromatic carbocycles. The lowest BCUT2D eigenvalue weighted by Crippen LogP contribution is -2.48. The molecule has 43 heavy (non-hydrogen) atoms. The third-order valence-corrected chi connectivity index (χ3v) is 6.59. The molecule has 0 fully saturated rings. The maximum Gasteiger partial charge on any atom is 0.416 e. The summed E-state index contributed by atoms with van der Waals surface area (Å²) in [5, 5.41) is 0. The number of carbonyl (C=O) groups is 2. The van der Waals surface area contributed by atoms with Crippen LogP contribution in [-0.2, 0) is 34.5 Å². The van der Waals surface area contributed by atoms with E-state index in [1.807, 2.05) is 0 Å². The monoisotopic (exact) mass is 628 g/mol. The predicted molar refractivity (Wildman–Crippen MR) is 136 cm³/mol. The van der Waals surface area contributed by atoms with Gasteiger partial charge in [-0.3, -0.25) is 9.80 Å². The van der Waals surface area contributed by atoms with E-state index in [4.69, 9.17) is 9.47 Å². The fraction of sp³-hybridized carbons (Fsp3) is 0.500. The number of anilines is 1. The van der Waals surface area contributed by atoms with Gasteiger partial charge in [0.1, 0.15) is 0 Å². The molecule has 0 radical (unpaired) electrons. The second-order valence-corrected chi connectivity index (χ2v) is 11.4. The van der Waals surface area contributed by atoms with Crippen LogP contribution in [0.1, 0.15) is 68.0 Å². The molecular weight excluding hydrogens is 599 g/mol. The Balaban J connectivity index is 2.17. The number of benzene rings is 2. The van der Waals surface area contributed by atoms with E-state index in [2.05, 4.69) is 0 Å². The van der Waals surface area contributed by atoms with Crippen molar-refractivity contribution >= 4 is 17.9 Å². The zero-order valence-corrected chi connectivity index (χ0v) is 23.7. The van der Waals surface area contributed by atoms with Gasteiger partial charge >= 0.3 is 30.7 Å². The first kappa shape index (κ1) is 33.8. The molecule has 1 aliphatic rings. The Bertz CT molecular complexity index is 1320. The number of nitrogens with zero attached hydrogens (tertiary/aromatic N) is 2. The largest absolute Gasteiger partial charge is 0.453 e. The van der Waals surface area contributed by atoms with E-state index < -0.39 is 77.0 Å². The molecule has 0 aliphatic carbocycles. The van der Waals surface area contributed by atoms with Crippen LogP contribution in [0.25, 0.3) is 0 Å². The lowest BCUT2D eigenvalue weighted by atomic mass is 9.89. The number of carbonyl (C=O) groups excluding carboxylic acids is 2. The average Bonchev–Trinajstić information content (AvgIpc) is 2.87. The molecule has 3 rings (SSSR count). The van der Waals surface area contributed by atoms with E-state index >= 15 is 0 Å². The first-order valence-corrected chi connectivity index (χ1v) is 12.8. The van der Waals surface area contributed by atoms with Crippen LogP contribution in [-0.4, -0.2) is 36.8 Å². The minimum atomic E-state index is -5.17. The lowest BCUT2D eigenvalue weighted by molar-refractivity contribution is -0.143. The Kier molecular flexibility index (Phi) is 9.28. The minimum absolute atomic E-state index is 0.0418. The van der Waals surface area contributed by atoms with Gasteiger partial charge in [-0.05, 0) is 66.3 Å². The molecule has 0 aromatic heterocycles. The Morgan fingerprint density at radius 3 is 1.86 bits per heavy atom. The summed E-state index contributed by atoms with van der Waals surface area (Å²) in [5.74, 6) is 0. The van der Waals surface area contributed by atoms with Gasteiger partial charge in [-0.2, -0.15) is 39.5 Å². The van der Waals surface area contributed by atoms with Crippen molar-refractivity contribution in [3.63, 3.8) is 0 Å². The van der Waals surface area contributed by atoms with Crippen LogP contribution in [0, 0.1) is 5.41 Å². The van der Waals surface area contributed by atoms with Crippen LogP contribution in [0.5, 0.6) is 0 Å². The molecule has 2 atom stereocenters. The summed E-state index contributed by atoms with van der Waals surface area (Å²) in [6.45, 7) is 5.93. The first-order chi connectivity index (χ1) is 19.5. The average molecular weight is 629 g/mol. The standard InChI is InChI=1S/C28H29F9N2O4/c1-15-8-22(20-12-17(26(29,30)31)6-7-21(20)39(15)24(41)43-14-25(2,3)4)38(23(40)42-5)13-16-9-18(27(32,33)34)11-19(10-16)28(35,36)37/h6-7,9-12,15,22H,8,13-14H2,1-5H3. The highest BCUT2D eigenvalue weighted by atomic mass is 19.4. The van der Waals surface area contributed by atoms with Crippen molar-refractivity contribution in [1.82, 2.24) is 4.90 Å². The third kappa shape index (κ3) is 8.05. The summed E-state index contributed by atoms with van der Waals surface area (Å²) in [4.78, 5) is 27.9. The molecule has 238 valence electrons. The fourth-order valence-corrected chi connectivity index (χ4v) is 4.66. The van der Waals surface area contributed by atoms with Crippen molar-refractivity contribution < 1.29 is 58.6 Å². The molecule has 1 heterocycles. The highest BCUT2D eigenvalue weighted by molar-refractivity contribution is 5.90. The molecule has 2 aromatic rings. The first-order valence-electron chi connectivity index (χ1n) is 12.8. The number of ether oxygens (including phenoxy) is 2. The Morgan fingerprint density at radius 2 is 1.40 bits per heavy atom. The van der Waals surface area contributed by atoms with Crippen molar-refractivity contribution in [3.8, 4) is 0 Å². The zero-order valence-electron chi connectivity index (χ0n) is 23.7. The summed E-state index contributed by atoms with van der Waals surface area (Å²) in [6.07, 6.45) is -17.6. The Morgan fingerprint density at radius 1 is 0.860 bits per heavy atom. The molecular formula is C28H29F9N2O4. The van der Waals surface area contributed by atoms with E-state index in [1.54, 1.807) is 20.8 Å². The van der Waals surface area contributed by atoms with Crippen LogP contribution in [0.2, 0.25) is 0 Å². The summed E-state index contributed by atoms with van der Waals surface area (Å²) in [7, 11) is 0.901. The second-order valence-electron chi connectivity index (χ2n) is 11.4. The van der Waals surface area contributed by atoms with E-state index in [0.29, 0.717) is 24.3 Å². The van der Waals surface area contributed by atoms with E-state index in [-0.39, 0.29) is 30.3 Å². The van der Waals surface area contributed by atoms with Crippen molar-refractivity contribution in [2.45, 2.75) is 71.3 Å².